The number of furan rings is 1. The molecule has 2 aliphatic rings. The van der Waals surface area contributed by atoms with Crippen LogP contribution in [-0.2, 0) is 10.8 Å². The molecule has 0 N–H and O–H groups in total. The molecule has 0 saturated carbocycles. The largest absolute Gasteiger partial charge is 0.456 e. The number of anilines is 3. The van der Waals surface area contributed by atoms with E-state index in [0.29, 0.717) is 0 Å². The van der Waals surface area contributed by atoms with E-state index in [-0.39, 0.29) is 0 Å². The maximum Gasteiger partial charge on any atom is 0.136 e. The smallest absolute Gasteiger partial charge is 0.136 e. The Labute approximate surface area is 476 Å². The van der Waals surface area contributed by atoms with Crippen LogP contribution in [0.3, 0.4) is 0 Å². The van der Waals surface area contributed by atoms with Crippen LogP contribution in [0.2, 0.25) is 0 Å². The van der Waals surface area contributed by atoms with Gasteiger partial charge in [-0.3, -0.25) is 0 Å². The van der Waals surface area contributed by atoms with E-state index in [1.165, 1.54) is 99.1 Å². The molecule has 0 spiro atoms. The minimum Gasteiger partial charge on any atom is -0.456 e. The number of fused-ring (bicyclic) bond motifs is 16. The molecule has 0 amide bonds. The Morgan fingerprint density at radius 2 is 0.659 bits per heavy atom. The van der Waals surface area contributed by atoms with Gasteiger partial charge < -0.3 is 9.32 Å². The lowest BCUT2D eigenvalue weighted by molar-refractivity contribution is 0.669. The fourth-order valence-electron chi connectivity index (χ4n) is 14.9. The van der Waals surface area contributed by atoms with E-state index >= 15 is 0 Å². The number of hydrogen-bond acceptors (Lipinski definition) is 2. The molecule has 2 nitrogen and oxygen atoms in total. The van der Waals surface area contributed by atoms with Gasteiger partial charge in [0, 0.05) is 33.2 Å². The molecule has 15 aromatic rings. The Hall–Kier alpha value is -10.5. The average Bonchev–Trinajstić information content (AvgIpc) is 2.27. The molecule has 0 bridgehead atoms. The van der Waals surface area contributed by atoms with E-state index in [1.54, 1.807) is 0 Å². The molecule has 0 radical (unpaired) electrons. The molecule has 1 heterocycles. The first-order valence-electron chi connectivity index (χ1n) is 28.5. The number of nitrogens with zero attached hydrogens (tertiary/aromatic N) is 1. The lowest BCUT2D eigenvalue weighted by Crippen LogP contribution is -2.29. The fraction of sp³-hybridized carbons (Fsp3) is 0.0250. The van der Waals surface area contributed by atoms with E-state index < -0.39 is 10.8 Å². The molecule has 1 aromatic heterocycles. The third-order valence-corrected chi connectivity index (χ3v) is 18.2. The van der Waals surface area contributed by atoms with Crippen molar-refractivity contribution in [2.24, 2.45) is 0 Å². The predicted octanol–water partition coefficient (Wildman–Crippen LogP) is 20.9. The van der Waals surface area contributed by atoms with Gasteiger partial charge in [-0.25, -0.2) is 0 Å². The van der Waals surface area contributed by atoms with Gasteiger partial charge in [0.2, 0.25) is 0 Å². The zero-order valence-corrected chi connectivity index (χ0v) is 44.8. The van der Waals surface area contributed by atoms with Crippen LogP contribution >= 0.6 is 0 Å². The second-order valence-corrected chi connectivity index (χ2v) is 22.2. The van der Waals surface area contributed by atoms with Gasteiger partial charge in [-0.2, -0.15) is 0 Å². The Morgan fingerprint density at radius 3 is 1.23 bits per heavy atom. The van der Waals surface area contributed by atoms with Crippen LogP contribution in [0.15, 0.2) is 314 Å². The molecule has 14 aromatic carbocycles. The second kappa shape index (κ2) is 18.0. The minimum absolute atomic E-state index is 0.584. The van der Waals surface area contributed by atoms with E-state index in [1.807, 2.05) is 0 Å². The van der Waals surface area contributed by atoms with Gasteiger partial charge in [-0.05, 0) is 165 Å². The molecule has 2 aliphatic carbocycles. The van der Waals surface area contributed by atoms with Gasteiger partial charge in [0.1, 0.15) is 11.2 Å². The van der Waals surface area contributed by atoms with Crippen molar-refractivity contribution in [1.29, 1.82) is 0 Å². The van der Waals surface area contributed by atoms with Gasteiger partial charge in [0.25, 0.3) is 0 Å². The summed E-state index contributed by atoms with van der Waals surface area (Å²) in [5, 5.41) is 9.65. The number of para-hydroxylation sites is 1. The quantitative estimate of drug-likeness (QED) is 0.141. The molecular formula is C80H51NO. The molecular weight excluding hydrogens is 991 g/mol. The summed E-state index contributed by atoms with van der Waals surface area (Å²) in [6.07, 6.45) is 0. The Balaban J connectivity index is 0.921. The molecule has 17 rings (SSSR count). The average molecular weight is 1040 g/mol. The molecule has 0 atom stereocenters. The summed E-state index contributed by atoms with van der Waals surface area (Å²) in [6, 6.07) is 115. The monoisotopic (exact) mass is 1040 g/mol. The third-order valence-electron chi connectivity index (χ3n) is 18.2. The van der Waals surface area contributed by atoms with Crippen molar-refractivity contribution >= 4 is 71.3 Å². The maximum atomic E-state index is 6.51. The zero-order valence-electron chi connectivity index (χ0n) is 44.8. The van der Waals surface area contributed by atoms with Crippen molar-refractivity contribution in [3.05, 3.63) is 354 Å². The van der Waals surface area contributed by atoms with Gasteiger partial charge in [0.05, 0.1) is 10.8 Å². The van der Waals surface area contributed by atoms with Crippen molar-refractivity contribution in [2.75, 3.05) is 4.90 Å². The Kier molecular flexibility index (Phi) is 10.2. The standard InChI is InChI=1S/C80H51NO/c1-5-23-54(24-6-1)79(55-25-7-2-8-26-55)71-37-18-15-33-63(71)65-44-41-59(50-73(65)79)81(60-42-45-66-64-34-16-19-38-72(64)80(74(66)51-60,56-27-9-3-10-28-56)57-29-11-4-12-30-57)58-31-21-22-52(48-58)53-40-43-62-61-32-13-14-35-67(61)77-68(70(62)49-53)46-47-76-78(77)69-36-17-20-39-75(69)82-76/h1-51H. The highest BCUT2D eigenvalue weighted by Gasteiger charge is 2.48. The number of hydrogen-bond donors (Lipinski definition) is 0. The first kappa shape index (κ1) is 46.4. The Bertz CT molecular complexity index is 4780. The summed E-state index contributed by atoms with van der Waals surface area (Å²) in [7, 11) is 0. The van der Waals surface area contributed by atoms with Crippen molar-refractivity contribution in [1.82, 2.24) is 0 Å². The molecule has 82 heavy (non-hydrogen) atoms. The van der Waals surface area contributed by atoms with E-state index in [4.69, 9.17) is 4.42 Å². The second-order valence-electron chi connectivity index (χ2n) is 22.2. The van der Waals surface area contributed by atoms with E-state index in [2.05, 4.69) is 314 Å². The molecule has 0 fully saturated rings. The summed E-state index contributed by atoms with van der Waals surface area (Å²) < 4.78 is 6.51. The van der Waals surface area contributed by atoms with Crippen molar-refractivity contribution in [2.45, 2.75) is 10.8 Å². The highest BCUT2D eigenvalue weighted by Crippen LogP contribution is 2.60. The van der Waals surface area contributed by atoms with Crippen LogP contribution in [0.1, 0.15) is 44.5 Å². The number of rotatable bonds is 8. The van der Waals surface area contributed by atoms with Crippen LogP contribution in [0.5, 0.6) is 0 Å². The summed E-state index contributed by atoms with van der Waals surface area (Å²) >= 11 is 0. The topological polar surface area (TPSA) is 16.4 Å². The van der Waals surface area contributed by atoms with Crippen LogP contribution in [0.25, 0.3) is 87.6 Å². The molecule has 2 heteroatoms. The fourth-order valence-corrected chi connectivity index (χ4v) is 14.9. The number of benzene rings is 14. The Morgan fingerprint density at radius 1 is 0.232 bits per heavy atom. The van der Waals surface area contributed by atoms with E-state index in [0.717, 1.165) is 50.1 Å². The summed E-state index contributed by atoms with van der Waals surface area (Å²) in [5.74, 6) is 0. The normalized spacial score (nSPS) is 13.6. The predicted molar refractivity (Wildman–Crippen MR) is 341 cm³/mol. The first-order valence-corrected chi connectivity index (χ1v) is 28.5. The molecule has 382 valence electrons. The van der Waals surface area contributed by atoms with Crippen LogP contribution in [0, 0.1) is 0 Å². The lowest BCUT2D eigenvalue weighted by Gasteiger charge is -2.36. The van der Waals surface area contributed by atoms with Crippen LogP contribution in [0.4, 0.5) is 17.1 Å². The van der Waals surface area contributed by atoms with Gasteiger partial charge in [0.15, 0.2) is 0 Å². The maximum absolute atomic E-state index is 6.51. The SMILES string of the molecule is c1ccc(C2(c3ccccc3)c3ccccc3-c3ccc(N(c4cccc(-c5ccc6c7ccccc7c7c(ccc8oc9ccccc9c87)c6c5)c4)c4ccc5c(c4)C(c4ccccc4)(c4ccccc4)c4ccccc4-5)cc32)cc1. The first-order chi connectivity index (χ1) is 40.7. The highest BCUT2D eigenvalue weighted by atomic mass is 16.3. The van der Waals surface area contributed by atoms with Crippen LogP contribution < -0.4 is 4.90 Å². The third kappa shape index (κ3) is 6.52. The van der Waals surface area contributed by atoms with E-state index in [9.17, 15) is 0 Å². The highest BCUT2D eigenvalue weighted by molar-refractivity contribution is 6.34. The van der Waals surface area contributed by atoms with Crippen molar-refractivity contribution in [3.8, 4) is 33.4 Å². The zero-order chi connectivity index (χ0) is 53.9. The molecule has 0 aliphatic heterocycles. The summed E-state index contributed by atoms with van der Waals surface area (Å²) in [5.41, 5.74) is 21.2. The summed E-state index contributed by atoms with van der Waals surface area (Å²) in [6.45, 7) is 0. The van der Waals surface area contributed by atoms with Gasteiger partial charge >= 0.3 is 0 Å². The minimum atomic E-state index is -0.584. The summed E-state index contributed by atoms with van der Waals surface area (Å²) in [4.78, 5) is 2.52. The van der Waals surface area contributed by atoms with Gasteiger partial charge in [-0.1, -0.05) is 249 Å². The molecule has 0 unspecified atom stereocenters. The van der Waals surface area contributed by atoms with Crippen molar-refractivity contribution < 1.29 is 4.42 Å². The van der Waals surface area contributed by atoms with Crippen molar-refractivity contribution in [3.63, 3.8) is 0 Å². The van der Waals surface area contributed by atoms with Crippen LogP contribution in [-0.4, -0.2) is 0 Å². The lowest BCUT2D eigenvalue weighted by atomic mass is 9.67. The van der Waals surface area contributed by atoms with Gasteiger partial charge in [-0.15, -0.1) is 0 Å². The molecule has 0 saturated heterocycles.